The fraction of sp³-hybridized carbons (Fsp3) is 0. The van der Waals surface area contributed by atoms with Crippen molar-refractivity contribution in [3.05, 3.63) is 71.6 Å². The van der Waals surface area contributed by atoms with E-state index in [1.165, 1.54) is 6.26 Å². The van der Waals surface area contributed by atoms with Crippen LogP contribution in [0.1, 0.15) is 10.6 Å². The molecule has 118 valence electrons. The Kier molecular flexibility index (Phi) is 3.80. The third kappa shape index (κ3) is 2.79. The molecule has 2 aromatic heterocycles. The van der Waals surface area contributed by atoms with Crippen LogP contribution >= 0.6 is 22.9 Å². The molecule has 2 heterocycles. The summed E-state index contributed by atoms with van der Waals surface area (Å²) in [6, 6.07) is 16.5. The zero-order valence-corrected chi connectivity index (χ0v) is 13.9. The highest BCUT2D eigenvalue weighted by Gasteiger charge is 2.13. The number of aromatic nitrogens is 1. The van der Waals surface area contributed by atoms with Crippen LogP contribution < -0.4 is 5.32 Å². The number of rotatable bonds is 3. The molecule has 0 spiro atoms. The molecule has 24 heavy (non-hydrogen) atoms. The van der Waals surface area contributed by atoms with Gasteiger partial charge in [-0.25, -0.2) is 4.98 Å². The molecule has 4 aromatic rings. The second-order valence-electron chi connectivity index (χ2n) is 5.11. The van der Waals surface area contributed by atoms with Gasteiger partial charge in [0.05, 0.1) is 21.5 Å². The topological polar surface area (TPSA) is 55.1 Å². The number of amides is 1. The highest BCUT2D eigenvalue weighted by molar-refractivity contribution is 7.21. The number of carbonyl (C=O) groups is 1. The molecule has 0 saturated heterocycles. The van der Waals surface area contributed by atoms with E-state index in [0.717, 1.165) is 20.8 Å². The maximum Gasteiger partial charge on any atom is 0.291 e. The third-order valence-corrected chi connectivity index (χ3v) is 4.89. The number of hydrogen-bond acceptors (Lipinski definition) is 4. The lowest BCUT2D eigenvalue weighted by Gasteiger charge is -2.06. The van der Waals surface area contributed by atoms with Gasteiger partial charge < -0.3 is 9.73 Å². The second kappa shape index (κ2) is 6.11. The van der Waals surface area contributed by atoms with Crippen LogP contribution in [0.25, 0.3) is 20.8 Å². The predicted molar refractivity (Wildman–Crippen MR) is 96.7 cm³/mol. The third-order valence-electron chi connectivity index (χ3n) is 3.49. The van der Waals surface area contributed by atoms with Gasteiger partial charge in [-0.15, -0.1) is 11.3 Å². The fourth-order valence-electron chi connectivity index (χ4n) is 2.35. The van der Waals surface area contributed by atoms with Crippen molar-refractivity contribution >= 4 is 44.7 Å². The number of nitrogens with zero attached hydrogens (tertiary/aromatic N) is 1. The first-order valence-corrected chi connectivity index (χ1v) is 8.40. The maximum atomic E-state index is 12.1. The van der Waals surface area contributed by atoms with Crippen molar-refractivity contribution < 1.29 is 9.21 Å². The minimum Gasteiger partial charge on any atom is -0.459 e. The van der Waals surface area contributed by atoms with Gasteiger partial charge in [0, 0.05) is 11.3 Å². The quantitative estimate of drug-likeness (QED) is 0.531. The van der Waals surface area contributed by atoms with Crippen LogP contribution in [0, 0.1) is 0 Å². The van der Waals surface area contributed by atoms with Gasteiger partial charge in [-0.1, -0.05) is 23.7 Å². The van der Waals surface area contributed by atoms with Crippen molar-refractivity contribution in [1.82, 2.24) is 4.98 Å². The normalized spacial score (nSPS) is 10.9. The molecule has 0 radical (unpaired) electrons. The number of nitrogens with one attached hydrogen (secondary N) is 1. The van der Waals surface area contributed by atoms with Crippen molar-refractivity contribution in [1.29, 1.82) is 0 Å². The molecule has 0 aliphatic rings. The van der Waals surface area contributed by atoms with Gasteiger partial charge in [-0.3, -0.25) is 4.79 Å². The number of anilines is 1. The summed E-state index contributed by atoms with van der Waals surface area (Å²) in [7, 11) is 0. The van der Waals surface area contributed by atoms with Gasteiger partial charge in [0.2, 0.25) is 0 Å². The van der Waals surface area contributed by atoms with E-state index in [1.54, 1.807) is 35.6 Å². The minimum absolute atomic E-state index is 0.256. The summed E-state index contributed by atoms with van der Waals surface area (Å²) >= 11 is 7.89. The Bertz CT molecular complexity index is 992. The van der Waals surface area contributed by atoms with E-state index in [2.05, 4.69) is 10.3 Å². The molecule has 0 fully saturated rings. The van der Waals surface area contributed by atoms with Crippen molar-refractivity contribution in [2.75, 3.05) is 5.32 Å². The lowest BCUT2D eigenvalue weighted by Crippen LogP contribution is -2.10. The fourth-order valence-corrected chi connectivity index (χ4v) is 3.61. The average Bonchev–Trinajstić information content (AvgIpc) is 3.25. The summed E-state index contributed by atoms with van der Waals surface area (Å²) in [5.41, 5.74) is 2.35. The molecule has 0 bridgehead atoms. The van der Waals surface area contributed by atoms with Crippen molar-refractivity contribution in [3.8, 4) is 10.6 Å². The lowest BCUT2D eigenvalue weighted by atomic mass is 10.2. The summed E-state index contributed by atoms with van der Waals surface area (Å²) in [5.74, 6) is -0.0518. The van der Waals surface area contributed by atoms with E-state index in [-0.39, 0.29) is 11.7 Å². The van der Waals surface area contributed by atoms with Gasteiger partial charge >= 0.3 is 0 Å². The molecule has 4 rings (SSSR count). The Morgan fingerprint density at radius 2 is 2.00 bits per heavy atom. The predicted octanol–water partition coefficient (Wildman–Crippen LogP) is 5.46. The van der Waals surface area contributed by atoms with Crippen LogP contribution in [0.15, 0.2) is 65.3 Å². The highest BCUT2D eigenvalue weighted by Crippen LogP contribution is 2.35. The summed E-state index contributed by atoms with van der Waals surface area (Å²) < 4.78 is 6.19. The van der Waals surface area contributed by atoms with E-state index in [9.17, 15) is 4.79 Å². The SMILES string of the molecule is O=C(Nc1ccc(Cl)c(-c2nc3ccccc3s2)c1)c1ccco1. The largest absolute Gasteiger partial charge is 0.459 e. The minimum atomic E-state index is -0.308. The molecule has 0 saturated carbocycles. The van der Waals surface area contributed by atoms with Crippen LogP contribution in [0.2, 0.25) is 5.02 Å². The van der Waals surface area contributed by atoms with Crippen molar-refractivity contribution in [2.45, 2.75) is 0 Å². The standard InChI is InChI=1S/C18H11ClN2O2S/c19-13-8-7-11(20-17(22)15-5-3-9-23-15)10-12(13)18-21-14-4-1-2-6-16(14)24-18/h1-10H,(H,20,22). The van der Waals surface area contributed by atoms with E-state index in [4.69, 9.17) is 16.0 Å². The first kappa shape index (κ1) is 14.9. The van der Waals surface area contributed by atoms with Crippen LogP contribution in [-0.2, 0) is 0 Å². The molecule has 0 aliphatic heterocycles. The molecular weight excluding hydrogens is 344 g/mol. The van der Waals surface area contributed by atoms with Gasteiger partial charge in [-0.2, -0.15) is 0 Å². The van der Waals surface area contributed by atoms with Crippen LogP contribution in [0.5, 0.6) is 0 Å². The first-order valence-electron chi connectivity index (χ1n) is 7.21. The van der Waals surface area contributed by atoms with Crippen LogP contribution in [0.4, 0.5) is 5.69 Å². The Labute approximate surface area is 146 Å². The highest BCUT2D eigenvalue weighted by atomic mass is 35.5. The monoisotopic (exact) mass is 354 g/mol. The second-order valence-corrected chi connectivity index (χ2v) is 6.55. The zero-order valence-electron chi connectivity index (χ0n) is 12.3. The smallest absolute Gasteiger partial charge is 0.291 e. The number of para-hydroxylation sites is 1. The number of fused-ring (bicyclic) bond motifs is 1. The molecule has 0 unspecified atom stereocenters. The zero-order chi connectivity index (χ0) is 16.5. The molecule has 6 heteroatoms. The van der Waals surface area contributed by atoms with Gasteiger partial charge in [0.15, 0.2) is 5.76 Å². The number of carbonyl (C=O) groups excluding carboxylic acids is 1. The summed E-state index contributed by atoms with van der Waals surface area (Å²) in [6.07, 6.45) is 1.46. The van der Waals surface area contributed by atoms with Crippen LogP contribution in [-0.4, -0.2) is 10.9 Å². The number of thiazole rings is 1. The molecule has 0 atom stereocenters. The summed E-state index contributed by atoms with van der Waals surface area (Å²) in [5, 5.41) is 4.20. The molecular formula is C18H11ClN2O2S. The summed E-state index contributed by atoms with van der Waals surface area (Å²) in [6.45, 7) is 0. The van der Waals surface area contributed by atoms with Gasteiger partial charge in [0.1, 0.15) is 5.01 Å². The Balaban J connectivity index is 1.69. The Morgan fingerprint density at radius 3 is 2.79 bits per heavy atom. The number of furan rings is 1. The van der Waals surface area contributed by atoms with E-state index >= 15 is 0 Å². The van der Waals surface area contributed by atoms with E-state index in [1.807, 2.05) is 30.3 Å². The molecule has 2 aromatic carbocycles. The lowest BCUT2D eigenvalue weighted by molar-refractivity contribution is 0.0996. The molecule has 1 amide bonds. The van der Waals surface area contributed by atoms with E-state index in [0.29, 0.717) is 10.7 Å². The Hall–Kier alpha value is -2.63. The molecule has 1 N–H and O–H groups in total. The van der Waals surface area contributed by atoms with Crippen LogP contribution in [0.3, 0.4) is 0 Å². The van der Waals surface area contributed by atoms with Crippen molar-refractivity contribution in [2.24, 2.45) is 0 Å². The van der Waals surface area contributed by atoms with Gasteiger partial charge in [0.25, 0.3) is 5.91 Å². The maximum absolute atomic E-state index is 12.1. The Morgan fingerprint density at radius 1 is 1.12 bits per heavy atom. The number of halogens is 1. The average molecular weight is 355 g/mol. The number of hydrogen-bond donors (Lipinski definition) is 1. The molecule has 0 aliphatic carbocycles. The van der Waals surface area contributed by atoms with E-state index < -0.39 is 0 Å². The van der Waals surface area contributed by atoms with Gasteiger partial charge in [-0.05, 0) is 42.5 Å². The molecule has 4 nitrogen and oxygen atoms in total. The van der Waals surface area contributed by atoms with Crippen molar-refractivity contribution in [3.63, 3.8) is 0 Å². The number of benzene rings is 2. The first-order chi connectivity index (χ1) is 11.7. The summed E-state index contributed by atoms with van der Waals surface area (Å²) in [4.78, 5) is 16.7.